The molecular formula is C27H28F4N8O3. The summed E-state index contributed by atoms with van der Waals surface area (Å²) in [5, 5.41) is 13.7. The first kappa shape index (κ1) is 29.0. The maximum atomic E-state index is 14.1. The van der Waals surface area contributed by atoms with Crippen molar-refractivity contribution in [3.8, 4) is 0 Å². The van der Waals surface area contributed by atoms with Crippen LogP contribution in [0.5, 0.6) is 0 Å². The van der Waals surface area contributed by atoms with E-state index >= 15 is 0 Å². The van der Waals surface area contributed by atoms with Gasteiger partial charge in [0, 0.05) is 38.3 Å². The molecule has 5 rings (SSSR count). The van der Waals surface area contributed by atoms with Crippen LogP contribution in [0.25, 0.3) is 0 Å². The van der Waals surface area contributed by atoms with E-state index in [4.69, 9.17) is 10.5 Å². The number of amides is 3. The number of fused-ring (bicyclic) bond motifs is 1. The Hall–Kier alpha value is -4.50. The number of hydrazone groups is 1. The van der Waals surface area contributed by atoms with Crippen molar-refractivity contribution in [3.05, 3.63) is 70.7 Å². The molecule has 11 nitrogen and oxygen atoms in total. The Morgan fingerprint density at radius 3 is 2.64 bits per heavy atom. The number of benzene rings is 2. The topological polar surface area (TPSA) is 137 Å². The molecule has 42 heavy (non-hydrogen) atoms. The second kappa shape index (κ2) is 11.8. The van der Waals surface area contributed by atoms with Gasteiger partial charge in [-0.25, -0.2) is 14.2 Å². The minimum Gasteiger partial charge on any atom is -0.385 e. The first-order valence-corrected chi connectivity index (χ1v) is 12.9. The quantitative estimate of drug-likeness (QED) is 0.368. The van der Waals surface area contributed by atoms with Gasteiger partial charge in [-0.1, -0.05) is 12.1 Å². The van der Waals surface area contributed by atoms with Gasteiger partial charge in [0.1, 0.15) is 24.0 Å². The number of hydrogen-bond acceptors (Lipinski definition) is 8. The van der Waals surface area contributed by atoms with Gasteiger partial charge in [0.05, 0.1) is 30.1 Å². The van der Waals surface area contributed by atoms with Crippen LogP contribution in [-0.4, -0.2) is 80.0 Å². The van der Waals surface area contributed by atoms with Crippen LogP contribution < -0.4 is 21.7 Å². The molecule has 2 aromatic rings. The second-order valence-corrected chi connectivity index (χ2v) is 9.91. The number of rotatable bonds is 7. The number of nitrogens with one attached hydrogen (secondary N) is 3. The van der Waals surface area contributed by atoms with Crippen molar-refractivity contribution in [1.82, 2.24) is 15.2 Å². The van der Waals surface area contributed by atoms with Gasteiger partial charge in [-0.2, -0.15) is 18.3 Å². The third-order valence-corrected chi connectivity index (χ3v) is 7.15. The number of alkyl halides is 3. The summed E-state index contributed by atoms with van der Waals surface area (Å²) in [5.41, 5.74) is 7.54. The lowest BCUT2D eigenvalue weighted by molar-refractivity contribution is -0.137. The van der Waals surface area contributed by atoms with Crippen LogP contribution in [0.1, 0.15) is 17.0 Å². The van der Waals surface area contributed by atoms with Gasteiger partial charge in [-0.3, -0.25) is 14.7 Å². The van der Waals surface area contributed by atoms with Crippen LogP contribution in [-0.2, 0) is 15.7 Å². The number of hydrogen-bond donors (Lipinski definition) is 4. The maximum absolute atomic E-state index is 14.1. The third kappa shape index (κ3) is 6.06. The van der Waals surface area contributed by atoms with E-state index in [9.17, 15) is 27.2 Å². The van der Waals surface area contributed by atoms with E-state index in [1.54, 1.807) is 36.4 Å². The maximum Gasteiger partial charge on any atom is 0.416 e. The molecule has 1 fully saturated rings. The normalized spacial score (nSPS) is 20.7. The van der Waals surface area contributed by atoms with Gasteiger partial charge in [0.15, 0.2) is 0 Å². The molecule has 0 saturated carbocycles. The molecule has 2 unspecified atom stereocenters. The number of nitrogens with two attached hydrogens (primary N) is 1. The largest absolute Gasteiger partial charge is 0.416 e. The zero-order valence-corrected chi connectivity index (χ0v) is 22.4. The van der Waals surface area contributed by atoms with Gasteiger partial charge in [-0.15, -0.1) is 0 Å². The molecule has 15 heteroatoms. The SMILES string of the molecule is COCC1=C(CN2CCNC(=O)C2)N2N=CN=C(N)C2C1c1ccc(NC(=O)Nc2cc(C(F)(F)F)ccc2F)cc1. The second-order valence-electron chi connectivity index (χ2n) is 9.91. The summed E-state index contributed by atoms with van der Waals surface area (Å²) < 4.78 is 58.6. The standard InChI is InChI=1S/C27H28F4N8O3/c1-42-13-18-21(11-38-9-8-33-22(40)12-38)39-24(25(32)34-14-35-39)23(18)15-2-5-17(6-3-15)36-26(41)37-20-10-16(27(29,30)31)4-7-19(20)28/h2-7,10,14,23-24H,8-9,11-13H2,1H3,(H,33,40)(H2,32,34,35)(H2,36,37,41). The van der Waals surface area contributed by atoms with Gasteiger partial charge in [0.2, 0.25) is 5.91 Å². The highest BCUT2D eigenvalue weighted by molar-refractivity contribution is 6.00. The molecule has 2 aromatic carbocycles. The van der Waals surface area contributed by atoms with E-state index in [0.717, 1.165) is 16.8 Å². The van der Waals surface area contributed by atoms with Crippen molar-refractivity contribution in [3.63, 3.8) is 0 Å². The number of carbonyl (C=O) groups is 2. The van der Waals surface area contributed by atoms with E-state index in [-0.39, 0.29) is 25.0 Å². The Morgan fingerprint density at radius 2 is 1.95 bits per heavy atom. The highest BCUT2D eigenvalue weighted by Crippen LogP contribution is 2.43. The molecule has 0 spiro atoms. The predicted molar refractivity (Wildman–Crippen MR) is 147 cm³/mol. The average molecular weight is 589 g/mol. The van der Waals surface area contributed by atoms with Crippen LogP contribution in [0, 0.1) is 5.82 Å². The fraction of sp³-hybridized carbons (Fsp3) is 0.333. The van der Waals surface area contributed by atoms with Gasteiger partial charge < -0.3 is 26.4 Å². The van der Waals surface area contributed by atoms with E-state index < -0.39 is 35.3 Å². The Morgan fingerprint density at radius 1 is 1.19 bits per heavy atom. The van der Waals surface area contributed by atoms with Crippen molar-refractivity contribution < 1.29 is 31.9 Å². The lowest BCUT2D eigenvalue weighted by Crippen LogP contribution is -2.50. The van der Waals surface area contributed by atoms with Crippen LogP contribution in [0.3, 0.4) is 0 Å². The molecule has 0 bridgehead atoms. The number of piperazine rings is 1. The van der Waals surface area contributed by atoms with E-state index in [1.165, 1.54) is 6.34 Å². The summed E-state index contributed by atoms with van der Waals surface area (Å²) in [7, 11) is 1.58. The molecule has 3 aliphatic rings. The summed E-state index contributed by atoms with van der Waals surface area (Å²) in [4.78, 5) is 30.7. The first-order valence-electron chi connectivity index (χ1n) is 12.9. The number of halogens is 4. The lowest BCUT2D eigenvalue weighted by atomic mass is 9.86. The van der Waals surface area contributed by atoms with E-state index in [2.05, 4.69) is 26.0 Å². The molecule has 3 amide bonds. The van der Waals surface area contributed by atoms with Crippen molar-refractivity contribution in [2.75, 3.05) is 50.5 Å². The third-order valence-electron chi connectivity index (χ3n) is 7.15. The summed E-state index contributed by atoms with van der Waals surface area (Å²) >= 11 is 0. The number of ether oxygens (including phenoxy) is 1. The fourth-order valence-corrected chi connectivity index (χ4v) is 5.27. The van der Waals surface area contributed by atoms with Crippen molar-refractivity contribution in [2.24, 2.45) is 15.8 Å². The molecule has 0 aliphatic carbocycles. The number of amidine groups is 1. The van der Waals surface area contributed by atoms with Crippen LogP contribution >= 0.6 is 0 Å². The number of aliphatic imine (C=N–C) groups is 1. The number of nitrogens with zero attached hydrogens (tertiary/aromatic N) is 4. The number of carbonyl (C=O) groups excluding carboxylic acids is 2. The summed E-state index contributed by atoms with van der Waals surface area (Å²) in [6.45, 7) is 2.15. The number of anilines is 2. The molecule has 2 atom stereocenters. The molecule has 0 radical (unpaired) electrons. The molecule has 0 aromatic heterocycles. The van der Waals surface area contributed by atoms with Crippen molar-refractivity contribution >= 4 is 35.5 Å². The summed E-state index contributed by atoms with van der Waals surface area (Å²) in [6.07, 6.45) is -3.32. The molecule has 3 heterocycles. The zero-order valence-electron chi connectivity index (χ0n) is 22.4. The first-order chi connectivity index (χ1) is 20.0. The average Bonchev–Trinajstić information content (AvgIpc) is 3.24. The Bertz CT molecular complexity index is 1460. The van der Waals surface area contributed by atoms with Crippen LogP contribution in [0.4, 0.5) is 33.7 Å². The lowest BCUT2D eigenvalue weighted by Gasteiger charge is -2.32. The number of urea groups is 1. The minimum atomic E-state index is -4.69. The van der Waals surface area contributed by atoms with Gasteiger partial charge >= 0.3 is 12.2 Å². The monoisotopic (exact) mass is 588 g/mol. The zero-order chi connectivity index (χ0) is 30.0. The Balaban J connectivity index is 1.37. The fourth-order valence-electron chi connectivity index (χ4n) is 5.27. The van der Waals surface area contributed by atoms with Crippen LogP contribution in [0.15, 0.2) is 63.8 Å². The van der Waals surface area contributed by atoms with Crippen molar-refractivity contribution in [2.45, 2.75) is 18.1 Å². The van der Waals surface area contributed by atoms with Crippen molar-refractivity contribution in [1.29, 1.82) is 0 Å². The highest BCUT2D eigenvalue weighted by Gasteiger charge is 2.45. The predicted octanol–water partition coefficient (Wildman–Crippen LogP) is 2.90. The smallest absolute Gasteiger partial charge is 0.385 e. The minimum absolute atomic E-state index is 0.0626. The van der Waals surface area contributed by atoms with E-state index in [0.29, 0.717) is 49.4 Å². The summed E-state index contributed by atoms with van der Waals surface area (Å²) in [5.74, 6) is -1.04. The Labute approximate surface area is 238 Å². The van der Waals surface area contributed by atoms with Crippen LogP contribution in [0.2, 0.25) is 0 Å². The highest BCUT2D eigenvalue weighted by atomic mass is 19.4. The molecular weight excluding hydrogens is 560 g/mol. The summed E-state index contributed by atoms with van der Waals surface area (Å²) in [6, 6.07) is 7.15. The number of methoxy groups -OCH3 is 1. The molecule has 1 saturated heterocycles. The van der Waals surface area contributed by atoms with E-state index in [1.807, 2.05) is 4.90 Å². The molecule has 3 aliphatic heterocycles. The molecule has 5 N–H and O–H groups in total. The molecule has 222 valence electrons. The Kier molecular flexibility index (Phi) is 8.13. The van der Waals surface area contributed by atoms with Gasteiger partial charge in [0.25, 0.3) is 0 Å². The van der Waals surface area contributed by atoms with Gasteiger partial charge in [-0.05, 0) is 41.5 Å².